The van der Waals surface area contributed by atoms with Crippen LogP contribution in [0.2, 0.25) is 0 Å². The monoisotopic (exact) mass is 273 g/mol. The molecule has 2 aromatic carbocycles. The number of nitrogens with two attached hydrogens (primary N) is 1. The molecule has 20 heavy (non-hydrogen) atoms. The predicted molar refractivity (Wildman–Crippen MR) is 78.0 cm³/mol. The summed E-state index contributed by atoms with van der Waals surface area (Å²) in [6, 6.07) is 12.7. The first kappa shape index (κ1) is 14.4. The topological polar surface area (TPSA) is 64.7 Å². The Morgan fingerprint density at radius 3 is 2.50 bits per heavy atom. The molecule has 0 saturated heterocycles. The molecule has 1 atom stereocenters. The molecule has 0 saturated carbocycles. The van der Waals surface area contributed by atoms with Gasteiger partial charge >= 0.3 is 0 Å². The van der Waals surface area contributed by atoms with Crippen molar-refractivity contribution >= 4 is 0 Å². The van der Waals surface area contributed by atoms with Crippen LogP contribution in [0.3, 0.4) is 0 Å². The highest BCUT2D eigenvalue weighted by Crippen LogP contribution is 2.35. The molecule has 106 valence electrons. The quantitative estimate of drug-likeness (QED) is 0.879. The maximum atomic E-state index is 9.16. The first-order chi connectivity index (χ1) is 9.65. The summed E-state index contributed by atoms with van der Waals surface area (Å²) in [6.07, 6.45) is 0. The zero-order chi connectivity index (χ0) is 14.5. The zero-order valence-electron chi connectivity index (χ0n) is 11.7. The van der Waals surface area contributed by atoms with E-state index in [9.17, 15) is 0 Å². The molecular formula is C16H19NO3. The third kappa shape index (κ3) is 3.10. The number of rotatable bonds is 5. The molecule has 0 aromatic heterocycles. The lowest BCUT2D eigenvalue weighted by molar-refractivity contribution is 0.281. The van der Waals surface area contributed by atoms with Crippen LogP contribution in [0.5, 0.6) is 17.2 Å². The first-order valence-electron chi connectivity index (χ1n) is 6.46. The number of methoxy groups -OCH3 is 1. The second-order valence-corrected chi connectivity index (χ2v) is 4.57. The number of hydrogen-bond acceptors (Lipinski definition) is 4. The molecule has 0 aliphatic carbocycles. The Kier molecular flexibility index (Phi) is 4.61. The van der Waals surface area contributed by atoms with Crippen LogP contribution in [0, 0.1) is 0 Å². The summed E-state index contributed by atoms with van der Waals surface area (Å²) < 4.78 is 11.2. The number of hydrogen-bond donors (Lipinski definition) is 2. The van der Waals surface area contributed by atoms with E-state index >= 15 is 0 Å². The van der Waals surface area contributed by atoms with Gasteiger partial charge in [-0.3, -0.25) is 0 Å². The second-order valence-electron chi connectivity index (χ2n) is 4.57. The molecule has 0 bridgehead atoms. The predicted octanol–water partition coefficient (Wildman–Crippen LogP) is 3.00. The van der Waals surface area contributed by atoms with E-state index < -0.39 is 0 Å². The van der Waals surface area contributed by atoms with Gasteiger partial charge in [0.1, 0.15) is 17.2 Å². The summed E-state index contributed by atoms with van der Waals surface area (Å²) in [5, 5.41) is 9.16. The number of benzene rings is 2. The van der Waals surface area contributed by atoms with Crippen molar-refractivity contribution in [1.82, 2.24) is 0 Å². The summed E-state index contributed by atoms with van der Waals surface area (Å²) in [6.45, 7) is 1.87. The van der Waals surface area contributed by atoms with Crippen molar-refractivity contribution in [3.05, 3.63) is 53.6 Å². The van der Waals surface area contributed by atoms with Crippen LogP contribution in [-0.2, 0) is 6.61 Å². The van der Waals surface area contributed by atoms with Gasteiger partial charge in [0.15, 0.2) is 0 Å². The molecule has 0 aliphatic heterocycles. The molecule has 0 spiro atoms. The Balaban J connectivity index is 2.37. The molecule has 2 rings (SSSR count). The highest BCUT2D eigenvalue weighted by Gasteiger charge is 2.14. The largest absolute Gasteiger partial charge is 0.496 e. The fraction of sp³-hybridized carbons (Fsp3) is 0.250. The average Bonchev–Trinajstić information content (AvgIpc) is 2.46. The van der Waals surface area contributed by atoms with E-state index in [2.05, 4.69) is 0 Å². The third-order valence-corrected chi connectivity index (χ3v) is 3.01. The summed E-state index contributed by atoms with van der Waals surface area (Å²) in [4.78, 5) is 0. The maximum Gasteiger partial charge on any atom is 0.135 e. The minimum atomic E-state index is -0.206. The molecular weight excluding hydrogens is 254 g/mol. The molecule has 3 N–H and O–H groups in total. The molecule has 2 aromatic rings. The van der Waals surface area contributed by atoms with E-state index in [1.54, 1.807) is 13.2 Å². The van der Waals surface area contributed by atoms with E-state index in [1.165, 1.54) is 0 Å². The van der Waals surface area contributed by atoms with Gasteiger partial charge in [0.05, 0.1) is 19.3 Å². The fourth-order valence-electron chi connectivity index (χ4n) is 2.07. The van der Waals surface area contributed by atoms with E-state index in [-0.39, 0.29) is 12.6 Å². The van der Waals surface area contributed by atoms with Gasteiger partial charge in [-0.2, -0.15) is 0 Å². The lowest BCUT2D eigenvalue weighted by atomic mass is 10.1. The molecule has 0 aliphatic rings. The van der Waals surface area contributed by atoms with Gasteiger partial charge < -0.3 is 20.3 Å². The van der Waals surface area contributed by atoms with Crippen molar-refractivity contribution in [2.24, 2.45) is 5.73 Å². The van der Waals surface area contributed by atoms with Crippen molar-refractivity contribution in [2.75, 3.05) is 7.11 Å². The van der Waals surface area contributed by atoms with Crippen molar-refractivity contribution in [3.63, 3.8) is 0 Å². The SMILES string of the molecule is COc1cccc(Oc2cccc(CO)c2)c1C(C)N. The molecule has 0 heterocycles. The van der Waals surface area contributed by atoms with E-state index in [0.29, 0.717) is 17.2 Å². The Labute approximate surface area is 118 Å². The molecule has 4 nitrogen and oxygen atoms in total. The number of aliphatic hydroxyl groups is 1. The average molecular weight is 273 g/mol. The van der Waals surface area contributed by atoms with Gasteiger partial charge in [0.2, 0.25) is 0 Å². The van der Waals surface area contributed by atoms with Gasteiger partial charge in [-0.25, -0.2) is 0 Å². The first-order valence-corrected chi connectivity index (χ1v) is 6.46. The minimum absolute atomic E-state index is 0.0184. The number of aliphatic hydroxyl groups excluding tert-OH is 1. The van der Waals surface area contributed by atoms with Crippen LogP contribution in [0.4, 0.5) is 0 Å². The van der Waals surface area contributed by atoms with Crippen LogP contribution < -0.4 is 15.2 Å². The lowest BCUT2D eigenvalue weighted by Crippen LogP contribution is -2.08. The van der Waals surface area contributed by atoms with Gasteiger partial charge in [-0.1, -0.05) is 18.2 Å². The maximum absolute atomic E-state index is 9.16. The van der Waals surface area contributed by atoms with E-state index in [0.717, 1.165) is 11.1 Å². The van der Waals surface area contributed by atoms with Crippen LogP contribution in [0.1, 0.15) is 24.1 Å². The summed E-state index contributed by atoms with van der Waals surface area (Å²) >= 11 is 0. The van der Waals surface area contributed by atoms with Gasteiger partial charge in [-0.05, 0) is 36.8 Å². The second kappa shape index (κ2) is 6.41. The highest BCUT2D eigenvalue weighted by atomic mass is 16.5. The Hall–Kier alpha value is -2.04. The fourth-order valence-corrected chi connectivity index (χ4v) is 2.07. The van der Waals surface area contributed by atoms with Crippen molar-refractivity contribution < 1.29 is 14.6 Å². The highest BCUT2D eigenvalue weighted by molar-refractivity contribution is 5.48. The standard InChI is InChI=1S/C16H19NO3/c1-11(17)16-14(19-2)7-4-8-15(16)20-13-6-3-5-12(9-13)10-18/h3-9,11,18H,10,17H2,1-2H3. The normalized spacial score (nSPS) is 12.0. The summed E-state index contributed by atoms with van der Waals surface area (Å²) in [5.41, 5.74) is 7.62. The Morgan fingerprint density at radius 1 is 1.15 bits per heavy atom. The van der Waals surface area contributed by atoms with Crippen molar-refractivity contribution in [3.8, 4) is 17.2 Å². The van der Waals surface area contributed by atoms with Crippen LogP contribution in [0.25, 0.3) is 0 Å². The van der Waals surface area contributed by atoms with Gasteiger partial charge in [0.25, 0.3) is 0 Å². The van der Waals surface area contributed by atoms with Crippen LogP contribution in [-0.4, -0.2) is 12.2 Å². The number of ether oxygens (including phenoxy) is 2. The minimum Gasteiger partial charge on any atom is -0.496 e. The molecule has 0 radical (unpaired) electrons. The van der Waals surface area contributed by atoms with Gasteiger partial charge in [-0.15, -0.1) is 0 Å². The zero-order valence-corrected chi connectivity index (χ0v) is 11.7. The van der Waals surface area contributed by atoms with Crippen LogP contribution in [0.15, 0.2) is 42.5 Å². The van der Waals surface area contributed by atoms with E-state index in [1.807, 2.05) is 43.3 Å². The molecule has 1 unspecified atom stereocenters. The van der Waals surface area contributed by atoms with Gasteiger partial charge in [0, 0.05) is 6.04 Å². The van der Waals surface area contributed by atoms with Crippen molar-refractivity contribution in [2.45, 2.75) is 19.6 Å². The smallest absolute Gasteiger partial charge is 0.135 e. The molecule has 4 heteroatoms. The molecule has 0 fully saturated rings. The lowest BCUT2D eigenvalue weighted by Gasteiger charge is -2.17. The van der Waals surface area contributed by atoms with Crippen LogP contribution >= 0.6 is 0 Å². The summed E-state index contributed by atoms with van der Waals surface area (Å²) in [5.74, 6) is 2.02. The molecule has 0 amide bonds. The summed E-state index contributed by atoms with van der Waals surface area (Å²) in [7, 11) is 1.61. The third-order valence-electron chi connectivity index (χ3n) is 3.01. The Bertz CT molecular complexity index is 582. The Morgan fingerprint density at radius 2 is 1.85 bits per heavy atom. The van der Waals surface area contributed by atoms with E-state index in [4.69, 9.17) is 20.3 Å². The van der Waals surface area contributed by atoms with Crippen molar-refractivity contribution in [1.29, 1.82) is 0 Å².